The van der Waals surface area contributed by atoms with E-state index in [9.17, 15) is 29.6 Å². The van der Waals surface area contributed by atoms with Crippen LogP contribution in [0.1, 0.15) is 15.9 Å². The summed E-state index contributed by atoms with van der Waals surface area (Å²) >= 11 is 0. The van der Waals surface area contributed by atoms with Gasteiger partial charge in [0.2, 0.25) is 5.75 Å². The summed E-state index contributed by atoms with van der Waals surface area (Å²) < 4.78 is 13.3. The topological polar surface area (TPSA) is 138 Å². The minimum absolute atomic E-state index is 0.386. The molecule has 0 aliphatic rings. The molecule has 2 aromatic carbocycles. The first-order valence-corrected chi connectivity index (χ1v) is 5.47. The summed E-state index contributed by atoms with van der Waals surface area (Å²) in [5.41, 5.74) is -1.09. The molecule has 0 heterocycles. The van der Waals surface area contributed by atoms with Crippen molar-refractivity contribution in [3.8, 4) is 34.5 Å². The standard InChI is InChI=1S/C13H9FO7/c14-6-3-5(10(18)13(21)11(6)19)9(17)4-1-7(15)12(20)8(16)2-4/h1-3,15-16,18-21H. The monoisotopic (exact) mass is 296 g/mol. The molecule has 2 aromatic rings. The molecule has 0 saturated heterocycles. The van der Waals surface area contributed by atoms with Gasteiger partial charge in [-0.1, -0.05) is 0 Å². The third-order valence-corrected chi connectivity index (χ3v) is 2.78. The molecule has 0 aliphatic heterocycles. The smallest absolute Gasteiger partial charge is 0.204 e. The van der Waals surface area contributed by atoms with Crippen molar-refractivity contribution >= 4 is 5.78 Å². The number of ketones is 1. The average Bonchev–Trinajstić information content (AvgIpc) is 2.45. The van der Waals surface area contributed by atoms with Crippen molar-refractivity contribution in [3.63, 3.8) is 0 Å². The van der Waals surface area contributed by atoms with Crippen molar-refractivity contribution in [1.29, 1.82) is 0 Å². The molecule has 6 N–H and O–H groups in total. The largest absolute Gasteiger partial charge is 0.504 e. The number of rotatable bonds is 2. The fraction of sp³-hybridized carbons (Fsp3) is 0. The van der Waals surface area contributed by atoms with E-state index in [1.54, 1.807) is 0 Å². The lowest BCUT2D eigenvalue weighted by molar-refractivity contribution is 0.103. The van der Waals surface area contributed by atoms with Gasteiger partial charge in [-0.2, -0.15) is 0 Å². The van der Waals surface area contributed by atoms with Crippen molar-refractivity contribution in [2.24, 2.45) is 0 Å². The Labute approximate surface area is 116 Å². The number of benzene rings is 2. The number of phenolic OH excluding ortho intramolecular Hbond substituents is 6. The van der Waals surface area contributed by atoms with Gasteiger partial charge in [-0.25, -0.2) is 4.39 Å². The predicted octanol–water partition coefficient (Wildman–Crippen LogP) is 1.29. The van der Waals surface area contributed by atoms with Gasteiger partial charge in [0.1, 0.15) is 0 Å². The summed E-state index contributed by atoms with van der Waals surface area (Å²) in [5.74, 6) is -8.37. The molecule has 0 fully saturated rings. The Kier molecular flexibility index (Phi) is 3.22. The molecule has 0 unspecified atom stereocenters. The SMILES string of the molecule is O=C(c1cc(O)c(O)c(O)c1)c1cc(F)c(O)c(O)c1O. The van der Waals surface area contributed by atoms with Crippen LogP contribution in [0.25, 0.3) is 0 Å². The van der Waals surface area contributed by atoms with E-state index in [1.807, 2.05) is 0 Å². The van der Waals surface area contributed by atoms with Gasteiger partial charge in [-0.3, -0.25) is 4.79 Å². The Morgan fingerprint density at radius 1 is 0.762 bits per heavy atom. The Morgan fingerprint density at radius 2 is 1.29 bits per heavy atom. The van der Waals surface area contributed by atoms with Gasteiger partial charge < -0.3 is 30.6 Å². The van der Waals surface area contributed by atoms with E-state index in [0.717, 1.165) is 12.1 Å². The molecule has 0 radical (unpaired) electrons. The van der Waals surface area contributed by atoms with Gasteiger partial charge in [0.15, 0.2) is 40.3 Å². The van der Waals surface area contributed by atoms with E-state index in [0.29, 0.717) is 6.07 Å². The maximum atomic E-state index is 13.3. The Hall–Kier alpha value is -3.16. The van der Waals surface area contributed by atoms with Crippen molar-refractivity contribution in [2.75, 3.05) is 0 Å². The van der Waals surface area contributed by atoms with Crippen LogP contribution in [0, 0.1) is 5.82 Å². The molecular formula is C13H9FO7. The molecule has 0 saturated carbocycles. The van der Waals surface area contributed by atoms with Crippen LogP contribution in [-0.2, 0) is 0 Å². The third-order valence-electron chi connectivity index (χ3n) is 2.78. The zero-order valence-corrected chi connectivity index (χ0v) is 10.2. The quantitative estimate of drug-likeness (QED) is 0.362. The van der Waals surface area contributed by atoms with Crippen LogP contribution in [0.4, 0.5) is 4.39 Å². The first-order chi connectivity index (χ1) is 9.73. The molecular weight excluding hydrogens is 287 g/mol. The van der Waals surface area contributed by atoms with E-state index in [2.05, 4.69) is 0 Å². The number of carbonyl (C=O) groups excluding carboxylic acids is 1. The summed E-state index contributed by atoms with van der Waals surface area (Å²) in [6, 6.07) is 2.03. The number of phenols is 6. The minimum Gasteiger partial charge on any atom is -0.504 e. The van der Waals surface area contributed by atoms with Crippen LogP contribution >= 0.6 is 0 Å². The van der Waals surface area contributed by atoms with E-state index in [-0.39, 0.29) is 5.56 Å². The summed E-state index contributed by atoms with van der Waals surface area (Å²) in [7, 11) is 0. The van der Waals surface area contributed by atoms with E-state index in [1.165, 1.54) is 0 Å². The van der Waals surface area contributed by atoms with Crippen molar-refractivity contribution in [1.82, 2.24) is 0 Å². The highest BCUT2D eigenvalue weighted by molar-refractivity contribution is 6.11. The zero-order chi connectivity index (χ0) is 15.9. The molecule has 0 atom stereocenters. The minimum atomic E-state index is -1.35. The van der Waals surface area contributed by atoms with E-state index >= 15 is 0 Å². The first-order valence-electron chi connectivity index (χ1n) is 5.47. The molecule has 7 nitrogen and oxygen atoms in total. The second kappa shape index (κ2) is 4.75. The fourth-order valence-corrected chi connectivity index (χ4v) is 1.68. The molecule has 110 valence electrons. The summed E-state index contributed by atoms with van der Waals surface area (Å²) in [4.78, 5) is 12.1. The summed E-state index contributed by atoms with van der Waals surface area (Å²) in [5, 5.41) is 55.7. The van der Waals surface area contributed by atoms with Crippen molar-refractivity contribution in [2.45, 2.75) is 0 Å². The molecule has 0 aromatic heterocycles. The maximum Gasteiger partial charge on any atom is 0.204 e. The lowest BCUT2D eigenvalue weighted by Gasteiger charge is -2.09. The van der Waals surface area contributed by atoms with Crippen LogP contribution in [0.15, 0.2) is 18.2 Å². The van der Waals surface area contributed by atoms with Crippen LogP contribution in [0.3, 0.4) is 0 Å². The zero-order valence-electron chi connectivity index (χ0n) is 10.2. The number of carbonyl (C=O) groups is 1. The summed E-state index contributed by atoms with van der Waals surface area (Å²) in [6.07, 6.45) is 0. The Morgan fingerprint density at radius 3 is 1.81 bits per heavy atom. The normalized spacial score (nSPS) is 10.5. The Balaban J connectivity index is 2.61. The second-order valence-corrected chi connectivity index (χ2v) is 4.14. The number of hydrogen-bond acceptors (Lipinski definition) is 7. The third kappa shape index (κ3) is 2.22. The number of hydrogen-bond donors (Lipinski definition) is 6. The first kappa shape index (κ1) is 14.3. The van der Waals surface area contributed by atoms with E-state index < -0.39 is 51.7 Å². The predicted molar refractivity (Wildman–Crippen MR) is 66.3 cm³/mol. The molecule has 21 heavy (non-hydrogen) atoms. The number of aromatic hydroxyl groups is 6. The lowest BCUT2D eigenvalue weighted by atomic mass is 10.0. The van der Waals surface area contributed by atoms with Gasteiger partial charge in [-0.15, -0.1) is 0 Å². The second-order valence-electron chi connectivity index (χ2n) is 4.14. The van der Waals surface area contributed by atoms with Gasteiger partial charge in [-0.05, 0) is 18.2 Å². The molecule has 2 rings (SSSR count). The van der Waals surface area contributed by atoms with Gasteiger partial charge in [0.05, 0.1) is 5.56 Å². The summed E-state index contributed by atoms with van der Waals surface area (Å²) in [6.45, 7) is 0. The van der Waals surface area contributed by atoms with E-state index in [4.69, 9.17) is 10.2 Å². The highest BCUT2D eigenvalue weighted by Crippen LogP contribution is 2.41. The van der Waals surface area contributed by atoms with Gasteiger partial charge in [0.25, 0.3) is 0 Å². The molecule has 8 heteroatoms. The van der Waals surface area contributed by atoms with Crippen LogP contribution < -0.4 is 0 Å². The number of halogens is 1. The highest BCUT2D eigenvalue weighted by atomic mass is 19.1. The van der Waals surface area contributed by atoms with Gasteiger partial charge in [0, 0.05) is 5.56 Å². The van der Waals surface area contributed by atoms with Crippen molar-refractivity contribution in [3.05, 3.63) is 35.1 Å². The van der Waals surface area contributed by atoms with Crippen molar-refractivity contribution < 1.29 is 39.8 Å². The maximum absolute atomic E-state index is 13.3. The Bertz CT molecular complexity index is 732. The fourth-order valence-electron chi connectivity index (χ4n) is 1.68. The molecule has 0 bridgehead atoms. The van der Waals surface area contributed by atoms with Gasteiger partial charge >= 0.3 is 0 Å². The molecule has 0 aliphatic carbocycles. The van der Waals surface area contributed by atoms with Crippen LogP contribution in [-0.4, -0.2) is 36.4 Å². The molecule has 0 spiro atoms. The van der Waals surface area contributed by atoms with Crippen LogP contribution in [0.5, 0.6) is 34.5 Å². The average molecular weight is 296 g/mol. The van der Waals surface area contributed by atoms with Crippen LogP contribution in [0.2, 0.25) is 0 Å². The highest BCUT2D eigenvalue weighted by Gasteiger charge is 2.23. The lowest BCUT2D eigenvalue weighted by Crippen LogP contribution is -2.03. The molecule has 0 amide bonds.